The number of carbonyl (C=O) groups is 1. The van der Waals surface area contributed by atoms with E-state index in [1.165, 1.54) is 11.3 Å². The summed E-state index contributed by atoms with van der Waals surface area (Å²) in [6.07, 6.45) is 4.38. The lowest BCUT2D eigenvalue weighted by Gasteiger charge is -2.14. The van der Waals surface area contributed by atoms with Crippen LogP contribution in [0.1, 0.15) is 27.2 Å². The van der Waals surface area contributed by atoms with Crippen molar-refractivity contribution in [1.29, 1.82) is 5.26 Å². The Morgan fingerprint density at radius 2 is 1.72 bits per heavy atom. The summed E-state index contributed by atoms with van der Waals surface area (Å²) in [6, 6.07) is 27.3. The Morgan fingerprint density at radius 1 is 0.891 bits per heavy atom. The van der Waals surface area contributed by atoms with Crippen LogP contribution in [0.2, 0.25) is 0 Å². The standard InChI is InChI=1S/C36H28N6O3S/c1-44-35-16-27(8-11-34(35)45-19-28-20-46-22-39-28)26-7-9-29-31(15-26)40-30-10-4-23(14-32(30)41-36(29)43)12-13-42-21-38-18-33(42)25-5-2-24(17-37)3-6-25/h2-11,14-16,18,20-22,40H,12-13,19H2,1H3,(H,41,43). The molecule has 0 radical (unpaired) electrons. The molecule has 226 valence electrons. The molecule has 1 aliphatic heterocycles. The number of carbonyl (C=O) groups excluding carboxylic acids is 1. The number of aryl methyl sites for hydroxylation is 2. The third-order valence-electron chi connectivity index (χ3n) is 7.89. The van der Waals surface area contributed by atoms with Crippen molar-refractivity contribution in [3.05, 3.63) is 125 Å². The molecule has 46 heavy (non-hydrogen) atoms. The van der Waals surface area contributed by atoms with Gasteiger partial charge in [0.25, 0.3) is 5.91 Å². The number of nitrogens with one attached hydrogen (secondary N) is 2. The fourth-order valence-corrected chi connectivity index (χ4v) is 5.99. The maximum atomic E-state index is 13.3. The number of thiazole rings is 1. The normalized spacial score (nSPS) is 11.8. The molecule has 2 N–H and O–H groups in total. The van der Waals surface area contributed by atoms with Crippen molar-refractivity contribution < 1.29 is 14.3 Å². The maximum Gasteiger partial charge on any atom is 0.257 e. The summed E-state index contributed by atoms with van der Waals surface area (Å²) < 4.78 is 13.7. The lowest BCUT2D eigenvalue weighted by atomic mass is 10.0. The van der Waals surface area contributed by atoms with E-state index in [9.17, 15) is 4.79 Å². The number of anilines is 3. The van der Waals surface area contributed by atoms with Crippen LogP contribution in [-0.2, 0) is 19.6 Å². The highest BCUT2D eigenvalue weighted by molar-refractivity contribution is 7.07. The molecule has 2 aromatic heterocycles. The van der Waals surface area contributed by atoms with Crippen LogP contribution in [0.5, 0.6) is 11.5 Å². The Balaban J connectivity index is 1.08. The summed E-state index contributed by atoms with van der Waals surface area (Å²) in [5.41, 5.74) is 11.0. The number of imidazole rings is 1. The first-order chi connectivity index (χ1) is 22.6. The minimum absolute atomic E-state index is 0.175. The first-order valence-electron chi connectivity index (χ1n) is 14.6. The van der Waals surface area contributed by atoms with Crippen molar-refractivity contribution in [3.63, 3.8) is 0 Å². The van der Waals surface area contributed by atoms with Gasteiger partial charge in [0.15, 0.2) is 11.5 Å². The highest BCUT2D eigenvalue weighted by atomic mass is 32.1. The largest absolute Gasteiger partial charge is 0.493 e. The predicted octanol–water partition coefficient (Wildman–Crippen LogP) is 7.68. The summed E-state index contributed by atoms with van der Waals surface area (Å²) in [5.74, 6) is 1.08. The zero-order chi connectivity index (χ0) is 31.5. The van der Waals surface area contributed by atoms with Crippen LogP contribution in [-0.4, -0.2) is 27.6 Å². The molecule has 0 bridgehead atoms. The van der Waals surface area contributed by atoms with E-state index in [0.717, 1.165) is 57.1 Å². The Bertz CT molecular complexity index is 2080. The van der Waals surface area contributed by atoms with Crippen molar-refractivity contribution in [2.24, 2.45) is 0 Å². The molecule has 10 heteroatoms. The first-order valence-corrected chi connectivity index (χ1v) is 15.6. The molecule has 0 spiro atoms. The monoisotopic (exact) mass is 624 g/mol. The number of amides is 1. The van der Waals surface area contributed by atoms with Crippen LogP contribution in [0.25, 0.3) is 22.4 Å². The SMILES string of the molecule is COc1cc(-c2ccc3c(c2)Nc2ccc(CCn4cncc4-c4ccc(C#N)cc4)cc2NC3=O)ccc1OCc1cscn1. The van der Waals surface area contributed by atoms with Gasteiger partial charge in [-0.2, -0.15) is 5.26 Å². The molecule has 0 unspecified atom stereocenters. The van der Waals surface area contributed by atoms with E-state index in [1.54, 1.807) is 12.6 Å². The second-order valence-electron chi connectivity index (χ2n) is 10.8. The van der Waals surface area contributed by atoms with E-state index < -0.39 is 0 Å². The van der Waals surface area contributed by atoms with Crippen LogP contribution >= 0.6 is 11.3 Å². The third-order valence-corrected chi connectivity index (χ3v) is 8.52. The zero-order valence-electron chi connectivity index (χ0n) is 24.9. The number of hydrogen-bond donors (Lipinski definition) is 2. The number of fused-ring (bicyclic) bond motifs is 2. The third kappa shape index (κ3) is 5.92. The summed E-state index contributed by atoms with van der Waals surface area (Å²) in [4.78, 5) is 21.9. The van der Waals surface area contributed by atoms with E-state index in [-0.39, 0.29) is 5.91 Å². The van der Waals surface area contributed by atoms with Gasteiger partial charge in [0.05, 0.1) is 70.8 Å². The number of ether oxygens (including phenoxy) is 2. The summed E-state index contributed by atoms with van der Waals surface area (Å²) >= 11 is 1.53. The maximum absolute atomic E-state index is 13.3. The average Bonchev–Trinajstić information content (AvgIpc) is 3.77. The van der Waals surface area contributed by atoms with Crippen molar-refractivity contribution in [1.82, 2.24) is 14.5 Å². The quantitative estimate of drug-likeness (QED) is 0.170. The molecule has 7 rings (SSSR count). The molecule has 9 nitrogen and oxygen atoms in total. The first kappa shape index (κ1) is 28.8. The Labute approximate surface area is 269 Å². The number of nitriles is 1. The van der Waals surface area contributed by atoms with Gasteiger partial charge in [-0.3, -0.25) is 4.79 Å². The number of methoxy groups -OCH3 is 1. The molecule has 0 saturated carbocycles. The molecule has 0 aliphatic carbocycles. The van der Waals surface area contributed by atoms with Crippen molar-refractivity contribution >= 4 is 34.3 Å². The lowest BCUT2D eigenvalue weighted by Crippen LogP contribution is -2.11. The van der Waals surface area contributed by atoms with E-state index in [0.29, 0.717) is 35.8 Å². The molecule has 0 atom stereocenters. The Hall–Kier alpha value is -5.92. The van der Waals surface area contributed by atoms with Crippen LogP contribution in [0.15, 0.2) is 102 Å². The fourth-order valence-electron chi connectivity index (χ4n) is 5.45. The smallest absolute Gasteiger partial charge is 0.257 e. The van der Waals surface area contributed by atoms with Crippen LogP contribution in [0.4, 0.5) is 17.1 Å². The van der Waals surface area contributed by atoms with Gasteiger partial charge >= 0.3 is 0 Å². The Kier molecular flexibility index (Phi) is 7.89. The zero-order valence-corrected chi connectivity index (χ0v) is 25.7. The van der Waals surface area contributed by atoms with E-state index in [2.05, 4.69) is 37.3 Å². The molecular weight excluding hydrogens is 597 g/mol. The summed E-state index contributed by atoms with van der Waals surface area (Å²) in [5, 5.41) is 17.6. The molecule has 1 aliphatic rings. The van der Waals surface area contributed by atoms with Gasteiger partial charge in [-0.15, -0.1) is 11.3 Å². The second kappa shape index (κ2) is 12.6. The number of aromatic nitrogens is 3. The Morgan fingerprint density at radius 3 is 2.52 bits per heavy atom. The molecule has 3 heterocycles. The van der Waals surface area contributed by atoms with Crippen LogP contribution < -0.4 is 20.1 Å². The minimum atomic E-state index is -0.175. The van der Waals surface area contributed by atoms with Gasteiger partial charge in [0.1, 0.15) is 6.61 Å². The van der Waals surface area contributed by atoms with Gasteiger partial charge in [-0.1, -0.05) is 30.3 Å². The highest BCUT2D eigenvalue weighted by Crippen LogP contribution is 2.38. The van der Waals surface area contributed by atoms with Gasteiger partial charge in [-0.25, -0.2) is 9.97 Å². The minimum Gasteiger partial charge on any atom is -0.493 e. The molecule has 0 fully saturated rings. The molecule has 1 amide bonds. The molecule has 6 aromatic rings. The van der Waals surface area contributed by atoms with Gasteiger partial charge < -0.3 is 24.7 Å². The predicted molar refractivity (Wildman–Crippen MR) is 179 cm³/mol. The number of benzene rings is 4. The van der Waals surface area contributed by atoms with Crippen LogP contribution in [0, 0.1) is 11.3 Å². The highest BCUT2D eigenvalue weighted by Gasteiger charge is 2.20. The van der Waals surface area contributed by atoms with Crippen molar-refractivity contribution in [3.8, 4) is 40.0 Å². The average molecular weight is 625 g/mol. The molecular formula is C36H28N6O3S. The van der Waals surface area contributed by atoms with E-state index in [4.69, 9.17) is 14.7 Å². The fraction of sp³-hybridized carbons (Fsp3) is 0.111. The number of rotatable bonds is 9. The van der Waals surface area contributed by atoms with Gasteiger partial charge in [-0.05, 0) is 77.2 Å². The van der Waals surface area contributed by atoms with Crippen molar-refractivity contribution in [2.45, 2.75) is 19.6 Å². The lowest BCUT2D eigenvalue weighted by molar-refractivity contribution is 0.102. The van der Waals surface area contributed by atoms with Crippen LogP contribution in [0.3, 0.4) is 0 Å². The number of hydrogen-bond acceptors (Lipinski definition) is 8. The second-order valence-corrected chi connectivity index (χ2v) is 11.5. The molecule has 4 aromatic carbocycles. The number of nitrogens with zero attached hydrogens (tertiary/aromatic N) is 4. The summed E-state index contributed by atoms with van der Waals surface area (Å²) in [7, 11) is 1.62. The summed E-state index contributed by atoms with van der Waals surface area (Å²) in [6.45, 7) is 1.07. The van der Waals surface area contributed by atoms with E-state index in [1.807, 2.05) is 90.7 Å². The van der Waals surface area contributed by atoms with Gasteiger partial charge in [0.2, 0.25) is 0 Å². The van der Waals surface area contributed by atoms with Gasteiger partial charge in [0, 0.05) is 11.9 Å². The molecule has 0 saturated heterocycles. The topological polar surface area (TPSA) is 114 Å². The van der Waals surface area contributed by atoms with Crippen molar-refractivity contribution in [2.75, 3.05) is 17.7 Å². The van der Waals surface area contributed by atoms with E-state index >= 15 is 0 Å².